The summed E-state index contributed by atoms with van der Waals surface area (Å²) in [6.45, 7) is 8.44. The van der Waals surface area contributed by atoms with Crippen LogP contribution in [0.5, 0.6) is 0 Å². The third kappa shape index (κ3) is 3.71. The van der Waals surface area contributed by atoms with Gasteiger partial charge in [0.1, 0.15) is 10.1 Å². The molecule has 1 amide bonds. The fourth-order valence-electron chi connectivity index (χ4n) is 3.63. The van der Waals surface area contributed by atoms with Crippen LogP contribution in [0, 0.1) is 5.92 Å². The van der Waals surface area contributed by atoms with Gasteiger partial charge in [0.15, 0.2) is 0 Å². The summed E-state index contributed by atoms with van der Waals surface area (Å²) in [4.78, 5) is 22.3. The van der Waals surface area contributed by atoms with Gasteiger partial charge in [-0.3, -0.25) is 9.69 Å². The van der Waals surface area contributed by atoms with Gasteiger partial charge in [-0.2, -0.15) is 0 Å². The van der Waals surface area contributed by atoms with E-state index in [0.717, 1.165) is 54.1 Å². The first-order valence-corrected chi connectivity index (χ1v) is 10.8. The summed E-state index contributed by atoms with van der Waals surface area (Å²) < 4.78 is 0.582. The maximum atomic E-state index is 12.8. The molecule has 3 heterocycles. The standard InChI is InChI=1S/C22H23N3OS2/c1-3-10-25-21(26)19(28-22(25)27)14-17-13-16-6-4-5-7-18(16)23-20(17)24-11-8-15(2)9-12-24/h3-7,13-15H,1,8-12H2,2H3/b19-14-. The Kier molecular flexibility index (Phi) is 5.51. The Labute approximate surface area is 175 Å². The van der Waals surface area contributed by atoms with Crippen LogP contribution in [0.1, 0.15) is 25.3 Å². The summed E-state index contributed by atoms with van der Waals surface area (Å²) in [6.07, 6.45) is 5.98. The summed E-state index contributed by atoms with van der Waals surface area (Å²) in [5, 5.41) is 1.07. The van der Waals surface area contributed by atoms with Crippen molar-refractivity contribution < 1.29 is 4.79 Å². The molecule has 4 rings (SSSR count). The van der Waals surface area contributed by atoms with E-state index in [1.54, 1.807) is 11.0 Å². The number of aromatic nitrogens is 1. The topological polar surface area (TPSA) is 36.4 Å². The number of rotatable bonds is 4. The van der Waals surface area contributed by atoms with E-state index in [9.17, 15) is 4.79 Å². The highest BCUT2D eigenvalue weighted by Gasteiger charge is 2.31. The van der Waals surface area contributed by atoms with Crippen molar-refractivity contribution in [2.75, 3.05) is 24.5 Å². The molecule has 0 N–H and O–H groups in total. The Balaban J connectivity index is 1.77. The quantitative estimate of drug-likeness (QED) is 0.410. The Morgan fingerprint density at radius 2 is 2.07 bits per heavy atom. The van der Waals surface area contributed by atoms with Crippen molar-refractivity contribution in [1.29, 1.82) is 0 Å². The number of fused-ring (bicyclic) bond motifs is 1. The Morgan fingerprint density at radius 3 is 2.82 bits per heavy atom. The zero-order chi connectivity index (χ0) is 19.7. The molecular formula is C22H23N3OS2. The van der Waals surface area contributed by atoms with Gasteiger partial charge in [-0.25, -0.2) is 4.98 Å². The molecule has 0 unspecified atom stereocenters. The second-order valence-corrected chi connectivity index (χ2v) is 9.02. The number of anilines is 1. The molecule has 2 aliphatic rings. The molecule has 0 saturated carbocycles. The van der Waals surface area contributed by atoms with E-state index in [2.05, 4.69) is 30.5 Å². The van der Waals surface area contributed by atoms with Gasteiger partial charge in [0, 0.05) is 30.6 Å². The Bertz CT molecular complexity index is 977. The number of nitrogens with zero attached hydrogens (tertiary/aromatic N) is 3. The number of pyridine rings is 1. The number of carbonyl (C=O) groups excluding carboxylic acids is 1. The highest BCUT2D eigenvalue weighted by molar-refractivity contribution is 8.26. The fourth-order valence-corrected chi connectivity index (χ4v) is 4.90. The van der Waals surface area contributed by atoms with Gasteiger partial charge in [0.25, 0.3) is 5.91 Å². The van der Waals surface area contributed by atoms with Crippen LogP contribution >= 0.6 is 24.0 Å². The van der Waals surface area contributed by atoms with Crippen LogP contribution in [0.25, 0.3) is 17.0 Å². The molecule has 144 valence electrons. The highest BCUT2D eigenvalue weighted by Crippen LogP contribution is 2.35. The average molecular weight is 410 g/mol. The van der Waals surface area contributed by atoms with Gasteiger partial charge >= 0.3 is 0 Å². The minimum atomic E-state index is -0.0544. The van der Waals surface area contributed by atoms with Gasteiger partial charge in [-0.1, -0.05) is 55.2 Å². The number of benzene rings is 1. The maximum Gasteiger partial charge on any atom is 0.266 e. The van der Waals surface area contributed by atoms with Crippen LogP contribution in [0.2, 0.25) is 0 Å². The number of amides is 1. The molecule has 0 atom stereocenters. The number of para-hydroxylation sites is 1. The molecule has 0 spiro atoms. The summed E-state index contributed by atoms with van der Waals surface area (Å²) in [5.74, 6) is 1.65. The van der Waals surface area contributed by atoms with Crippen LogP contribution < -0.4 is 4.90 Å². The zero-order valence-corrected chi connectivity index (χ0v) is 17.6. The molecule has 2 aromatic rings. The number of hydrogen-bond donors (Lipinski definition) is 0. The minimum absolute atomic E-state index is 0.0544. The van der Waals surface area contributed by atoms with E-state index in [4.69, 9.17) is 17.2 Å². The molecule has 28 heavy (non-hydrogen) atoms. The number of carbonyl (C=O) groups is 1. The maximum absolute atomic E-state index is 12.8. The molecule has 2 saturated heterocycles. The molecule has 2 aliphatic heterocycles. The lowest BCUT2D eigenvalue weighted by Crippen LogP contribution is -2.34. The Morgan fingerprint density at radius 1 is 1.32 bits per heavy atom. The van der Waals surface area contributed by atoms with Crippen molar-refractivity contribution in [2.45, 2.75) is 19.8 Å². The third-order valence-corrected chi connectivity index (χ3v) is 6.67. The largest absolute Gasteiger partial charge is 0.356 e. The smallest absolute Gasteiger partial charge is 0.266 e. The minimum Gasteiger partial charge on any atom is -0.356 e. The lowest BCUT2D eigenvalue weighted by Gasteiger charge is -2.32. The van der Waals surface area contributed by atoms with Crippen molar-refractivity contribution in [2.24, 2.45) is 5.92 Å². The van der Waals surface area contributed by atoms with E-state index in [1.165, 1.54) is 11.8 Å². The molecule has 0 aliphatic carbocycles. The first kappa shape index (κ1) is 19.2. The second kappa shape index (κ2) is 8.05. The van der Waals surface area contributed by atoms with Crippen molar-refractivity contribution in [3.05, 3.63) is 53.5 Å². The van der Waals surface area contributed by atoms with E-state index in [0.29, 0.717) is 15.8 Å². The van der Waals surface area contributed by atoms with E-state index in [1.807, 2.05) is 24.3 Å². The van der Waals surface area contributed by atoms with Crippen LogP contribution in [0.4, 0.5) is 5.82 Å². The average Bonchev–Trinajstić information content (AvgIpc) is 2.96. The summed E-state index contributed by atoms with van der Waals surface area (Å²) in [6, 6.07) is 10.3. The molecule has 1 aromatic heterocycles. The fraction of sp³-hybridized carbons (Fsp3) is 0.318. The molecule has 6 heteroatoms. The number of thioether (sulfide) groups is 1. The predicted molar refractivity (Wildman–Crippen MR) is 122 cm³/mol. The monoisotopic (exact) mass is 409 g/mol. The molecule has 0 radical (unpaired) electrons. The summed E-state index contributed by atoms with van der Waals surface area (Å²) in [5.41, 5.74) is 1.96. The first-order chi connectivity index (χ1) is 13.6. The third-order valence-electron chi connectivity index (χ3n) is 5.29. The Hall–Kier alpha value is -2.18. The van der Waals surface area contributed by atoms with E-state index in [-0.39, 0.29) is 5.91 Å². The van der Waals surface area contributed by atoms with Gasteiger partial charge in [-0.05, 0) is 37.0 Å². The number of hydrogen-bond acceptors (Lipinski definition) is 5. The van der Waals surface area contributed by atoms with Crippen molar-refractivity contribution in [1.82, 2.24) is 9.88 Å². The zero-order valence-electron chi connectivity index (χ0n) is 15.9. The lowest BCUT2D eigenvalue weighted by atomic mass is 9.98. The van der Waals surface area contributed by atoms with Crippen LogP contribution in [-0.2, 0) is 4.79 Å². The van der Waals surface area contributed by atoms with E-state index >= 15 is 0 Å². The van der Waals surface area contributed by atoms with E-state index < -0.39 is 0 Å². The molecule has 0 bridgehead atoms. The van der Waals surface area contributed by atoms with Gasteiger partial charge < -0.3 is 4.90 Å². The molecule has 2 fully saturated rings. The normalized spacial score (nSPS) is 19.8. The van der Waals surface area contributed by atoms with Crippen molar-refractivity contribution in [3.63, 3.8) is 0 Å². The summed E-state index contributed by atoms with van der Waals surface area (Å²) >= 11 is 6.73. The van der Waals surface area contributed by atoms with Crippen LogP contribution in [0.15, 0.2) is 47.9 Å². The number of piperidine rings is 1. The lowest BCUT2D eigenvalue weighted by molar-refractivity contribution is -0.121. The van der Waals surface area contributed by atoms with Crippen molar-refractivity contribution >= 4 is 57.0 Å². The predicted octanol–water partition coefficient (Wildman–Crippen LogP) is 4.86. The van der Waals surface area contributed by atoms with Gasteiger partial charge in [0.2, 0.25) is 0 Å². The molecule has 1 aromatic carbocycles. The van der Waals surface area contributed by atoms with Crippen LogP contribution in [-0.4, -0.2) is 39.7 Å². The van der Waals surface area contributed by atoms with Crippen molar-refractivity contribution in [3.8, 4) is 0 Å². The second-order valence-electron chi connectivity index (χ2n) is 7.34. The van der Waals surface area contributed by atoms with Crippen LogP contribution in [0.3, 0.4) is 0 Å². The van der Waals surface area contributed by atoms with Gasteiger partial charge in [-0.15, -0.1) is 6.58 Å². The summed E-state index contributed by atoms with van der Waals surface area (Å²) in [7, 11) is 0. The number of thiocarbonyl (C=S) groups is 1. The molecule has 4 nitrogen and oxygen atoms in total. The molecular weight excluding hydrogens is 386 g/mol. The highest BCUT2D eigenvalue weighted by atomic mass is 32.2. The van der Waals surface area contributed by atoms with Gasteiger partial charge in [0.05, 0.1) is 10.4 Å². The SMILES string of the molecule is C=CCN1C(=O)/C(=C/c2cc3ccccc3nc2N2CCC(C)CC2)SC1=S. The first-order valence-electron chi connectivity index (χ1n) is 9.58.